The van der Waals surface area contributed by atoms with Crippen LogP contribution in [0, 0.1) is 0 Å². The van der Waals surface area contributed by atoms with Crippen LogP contribution >= 0.6 is 11.6 Å². The van der Waals surface area contributed by atoms with Gasteiger partial charge in [-0.1, -0.05) is 48.0 Å². The molecule has 1 aliphatic heterocycles. The van der Waals surface area contributed by atoms with Gasteiger partial charge in [0.25, 0.3) is 0 Å². The molecule has 2 aromatic rings. The van der Waals surface area contributed by atoms with Crippen LogP contribution in [0.4, 0.5) is 0 Å². The maximum absolute atomic E-state index is 12.8. The summed E-state index contributed by atoms with van der Waals surface area (Å²) < 4.78 is 33.9. The molecule has 0 amide bonds. The molecule has 1 heterocycles. The number of rotatable bonds is 6. The van der Waals surface area contributed by atoms with E-state index in [0.717, 1.165) is 18.7 Å². The van der Waals surface area contributed by atoms with Gasteiger partial charge >= 0.3 is 0 Å². The van der Waals surface area contributed by atoms with Crippen molar-refractivity contribution in [3.05, 3.63) is 65.2 Å². The minimum absolute atomic E-state index is 0.179. The molecular formula is C18H22ClN2O3S+. The number of hydrogen-bond acceptors (Lipinski definition) is 3. The van der Waals surface area contributed by atoms with E-state index >= 15 is 0 Å². The molecule has 0 spiro atoms. The van der Waals surface area contributed by atoms with Crippen molar-refractivity contribution in [3.8, 4) is 0 Å². The second-order valence-corrected chi connectivity index (χ2v) is 8.26. The van der Waals surface area contributed by atoms with Crippen LogP contribution < -0.4 is 9.62 Å². The highest BCUT2D eigenvalue weighted by molar-refractivity contribution is 7.89. The Labute approximate surface area is 153 Å². The largest absolute Gasteiger partial charge is 0.370 e. The molecule has 0 unspecified atom stereocenters. The standard InChI is InChI=1S/C18H21ClN2O3S/c19-16-7-4-8-17(13-16)25(22,23)20-18(15-5-2-1-3-6-15)14-21-9-11-24-12-10-21/h1-8,13,18,20H,9-12,14H2/p+1/t18-/m0/s1. The summed E-state index contributed by atoms with van der Waals surface area (Å²) in [6, 6.07) is 15.7. The zero-order valence-corrected chi connectivity index (χ0v) is 15.4. The van der Waals surface area contributed by atoms with Crippen LogP contribution in [-0.2, 0) is 14.8 Å². The van der Waals surface area contributed by atoms with Crippen LogP contribution in [0.15, 0.2) is 59.5 Å². The summed E-state index contributed by atoms with van der Waals surface area (Å²) in [5.41, 5.74) is 0.951. The number of hydrogen-bond donors (Lipinski definition) is 2. The van der Waals surface area contributed by atoms with Crippen molar-refractivity contribution in [3.63, 3.8) is 0 Å². The molecule has 0 bridgehead atoms. The molecule has 5 nitrogen and oxygen atoms in total. The summed E-state index contributed by atoms with van der Waals surface area (Å²) in [5, 5.41) is 0.401. The van der Waals surface area contributed by atoms with Gasteiger partial charge in [-0.3, -0.25) is 0 Å². The third kappa shape index (κ3) is 5.03. The maximum Gasteiger partial charge on any atom is 0.241 e. The van der Waals surface area contributed by atoms with Gasteiger partial charge in [-0.05, 0) is 23.8 Å². The van der Waals surface area contributed by atoms with Crippen LogP contribution in [0.25, 0.3) is 0 Å². The second kappa shape index (κ2) is 8.29. The molecule has 0 radical (unpaired) electrons. The lowest BCUT2D eigenvalue weighted by atomic mass is 10.1. The Morgan fingerprint density at radius 3 is 2.48 bits per heavy atom. The summed E-state index contributed by atoms with van der Waals surface area (Å²) in [6.45, 7) is 3.84. The SMILES string of the molecule is O=S(=O)(N[C@@H](C[NH+]1CCOCC1)c1ccccc1)c1cccc(Cl)c1. The third-order valence-corrected chi connectivity index (χ3v) is 6.00. The second-order valence-electron chi connectivity index (χ2n) is 6.11. The fourth-order valence-corrected chi connectivity index (χ4v) is 4.48. The molecule has 0 aliphatic carbocycles. The summed E-state index contributed by atoms with van der Waals surface area (Å²) in [6.07, 6.45) is 0. The van der Waals surface area contributed by atoms with Crippen molar-refractivity contribution in [2.75, 3.05) is 32.8 Å². The first kappa shape index (κ1) is 18.4. The van der Waals surface area contributed by atoms with Gasteiger partial charge < -0.3 is 9.64 Å². The first-order valence-corrected chi connectivity index (χ1v) is 10.1. The molecule has 3 rings (SSSR count). The molecule has 1 atom stereocenters. The zero-order chi connectivity index (χ0) is 17.7. The Balaban J connectivity index is 1.83. The van der Waals surface area contributed by atoms with Gasteiger partial charge in [0.05, 0.1) is 30.7 Å². The lowest BCUT2D eigenvalue weighted by Crippen LogP contribution is -3.14. The minimum atomic E-state index is -3.66. The molecule has 25 heavy (non-hydrogen) atoms. The van der Waals surface area contributed by atoms with E-state index in [4.69, 9.17) is 16.3 Å². The van der Waals surface area contributed by atoms with E-state index in [9.17, 15) is 8.42 Å². The molecule has 7 heteroatoms. The van der Waals surface area contributed by atoms with Crippen molar-refractivity contribution in [2.24, 2.45) is 0 Å². The average Bonchev–Trinajstić information content (AvgIpc) is 2.63. The van der Waals surface area contributed by atoms with E-state index in [2.05, 4.69) is 4.72 Å². The Morgan fingerprint density at radius 2 is 1.80 bits per heavy atom. The van der Waals surface area contributed by atoms with E-state index in [1.165, 1.54) is 11.0 Å². The van der Waals surface area contributed by atoms with Crippen LogP contribution in [-0.4, -0.2) is 41.3 Å². The lowest BCUT2D eigenvalue weighted by Gasteiger charge is -2.28. The van der Waals surface area contributed by atoms with Gasteiger partial charge in [-0.25, -0.2) is 8.42 Å². The summed E-state index contributed by atoms with van der Waals surface area (Å²) >= 11 is 5.95. The quantitative estimate of drug-likeness (QED) is 0.792. The highest BCUT2D eigenvalue weighted by Gasteiger charge is 2.26. The number of halogens is 1. The molecule has 2 aromatic carbocycles. The molecule has 1 saturated heterocycles. The topological polar surface area (TPSA) is 59.8 Å². The van der Waals surface area contributed by atoms with E-state index in [0.29, 0.717) is 24.8 Å². The van der Waals surface area contributed by atoms with Crippen LogP contribution in [0.2, 0.25) is 5.02 Å². The Hall–Kier alpha value is -1.44. The van der Waals surface area contributed by atoms with Gasteiger partial charge in [0.2, 0.25) is 10.0 Å². The van der Waals surface area contributed by atoms with Crippen molar-refractivity contribution < 1.29 is 18.1 Å². The molecule has 1 aliphatic rings. The fraction of sp³-hybridized carbons (Fsp3) is 0.333. The Bertz CT molecular complexity index is 793. The van der Waals surface area contributed by atoms with Gasteiger partial charge in [-0.15, -0.1) is 0 Å². The first-order valence-electron chi connectivity index (χ1n) is 8.29. The monoisotopic (exact) mass is 381 g/mol. The smallest absolute Gasteiger partial charge is 0.241 e. The van der Waals surface area contributed by atoms with E-state index in [1.54, 1.807) is 18.2 Å². The first-order chi connectivity index (χ1) is 12.0. The predicted octanol–water partition coefficient (Wildman–Crippen LogP) is 1.27. The number of benzene rings is 2. The minimum Gasteiger partial charge on any atom is -0.370 e. The third-order valence-electron chi connectivity index (χ3n) is 4.30. The molecule has 1 fully saturated rings. The maximum atomic E-state index is 12.8. The zero-order valence-electron chi connectivity index (χ0n) is 13.8. The molecule has 0 aromatic heterocycles. The molecule has 0 saturated carbocycles. The average molecular weight is 382 g/mol. The Morgan fingerprint density at radius 1 is 1.08 bits per heavy atom. The fourth-order valence-electron chi connectivity index (χ4n) is 2.96. The van der Waals surface area contributed by atoms with E-state index in [1.807, 2.05) is 30.3 Å². The van der Waals surface area contributed by atoms with E-state index < -0.39 is 10.0 Å². The highest BCUT2D eigenvalue weighted by Crippen LogP contribution is 2.19. The van der Waals surface area contributed by atoms with Gasteiger partial charge in [0.1, 0.15) is 13.1 Å². The van der Waals surface area contributed by atoms with Gasteiger partial charge in [0.15, 0.2) is 0 Å². The number of quaternary nitrogens is 1. The molecule has 2 N–H and O–H groups in total. The van der Waals surface area contributed by atoms with Crippen LogP contribution in [0.3, 0.4) is 0 Å². The highest BCUT2D eigenvalue weighted by atomic mass is 35.5. The van der Waals surface area contributed by atoms with Crippen LogP contribution in [0.5, 0.6) is 0 Å². The van der Waals surface area contributed by atoms with Crippen LogP contribution in [0.1, 0.15) is 11.6 Å². The lowest BCUT2D eigenvalue weighted by molar-refractivity contribution is -0.909. The van der Waals surface area contributed by atoms with Crippen molar-refractivity contribution in [1.29, 1.82) is 0 Å². The number of nitrogens with one attached hydrogen (secondary N) is 2. The number of ether oxygens (including phenoxy) is 1. The predicted molar refractivity (Wildman–Crippen MR) is 97.3 cm³/mol. The normalized spacial score (nSPS) is 17.3. The molecule has 134 valence electrons. The number of sulfonamides is 1. The summed E-state index contributed by atoms with van der Waals surface area (Å²) in [4.78, 5) is 1.51. The van der Waals surface area contributed by atoms with E-state index in [-0.39, 0.29) is 10.9 Å². The van der Waals surface area contributed by atoms with Crippen molar-refractivity contribution in [1.82, 2.24) is 4.72 Å². The van der Waals surface area contributed by atoms with Crippen molar-refractivity contribution >= 4 is 21.6 Å². The molecular weight excluding hydrogens is 360 g/mol. The number of morpholine rings is 1. The Kier molecular flexibility index (Phi) is 6.09. The van der Waals surface area contributed by atoms with Gasteiger partial charge in [0, 0.05) is 5.02 Å². The van der Waals surface area contributed by atoms with Crippen molar-refractivity contribution in [2.45, 2.75) is 10.9 Å². The summed E-state index contributed by atoms with van der Waals surface area (Å²) in [7, 11) is -3.66. The summed E-state index contributed by atoms with van der Waals surface area (Å²) in [5.74, 6) is 0. The van der Waals surface area contributed by atoms with Gasteiger partial charge in [-0.2, -0.15) is 4.72 Å².